The van der Waals surface area contributed by atoms with Crippen LogP contribution in [0.3, 0.4) is 0 Å². The summed E-state index contributed by atoms with van der Waals surface area (Å²) in [6.07, 6.45) is 0.386. The summed E-state index contributed by atoms with van der Waals surface area (Å²) in [5, 5.41) is 7.04. The van der Waals surface area contributed by atoms with Crippen LogP contribution in [0.5, 0.6) is 0 Å². The number of aromatic nitrogens is 3. The molecule has 1 aromatic heterocycles. The normalized spacial score (nSPS) is 25.3. The fourth-order valence-corrected chi connectivity index (χ4v) is 3.65. The van der Waals surface area contributed by atoms with Crippen molar-refractivity contribution in [3.05, 3.63) is 5.82 Å². The molecule has 8 nitrogen and oxygen atoms in total. The van der Waals surface area contributed by atoms with Gasteiger partial charge in [-0.25, -0.2) is 9.48 Å². The van der Waals surface area contributed by atoms with E-state index in [4.69, 9.17) is 4.74 Å². The lowest BCUT2D eigenvalue weighted by Crippen LogP contribution is -2.54. The van der Waals surface area contributed by atoms with Crippen molar-refractivity contribution in [2.75, 3.05) is 44.6 Å². The largest absolute Gasteiger partial charge is 0.450 e. The maximum absolute atomic E-state index is 11.5. The predicted octanol–water partition coefficient (Wildman–Crippen LogP) is 1.04. The molecule has 2 atom stereocenters. The van der Waals surface area contributed by atoms with Gasteiger partial charge in [-0.05, 0) is 19.4 Å². The van der Waals surface area contributed by atoms with E-state index in [1.54, 1.807) is 6.92 Å². The van der Waals surface area contributed by atoms with Crippen molar-refractivity contribution in [1.29, 1.82) is 0 Å². The minimum absolute atomic E-state index is 0.336. The van der Waals surface area contributed by atoms with Gasteiger partial charge in [-0.3, -0.25) is 10.2 Å². The van der Waals surface area contributed by atoms with Gasteiger partial charge in [0.15, 0.2) is 0 Å². The number of nitrogens with zero attached hydrogens (tertiary/aromatic N) is 5. The van der Waals surface area contributed by atoms with Crippen LogP contribution in [-0.4, -0.2) is 76.0 Å². The third-order valence-electron chi connectivity index (χ3n) is 5.08. The van der Waals surface area contributed by atoms with Gasteiger partial charge < -0.3 is 9.64 Å². The molecule has 1 N–H and O–H groups in total. The van der Waals surface area contributed by atoms with Crippen LogP contribution in [0.1, 0.15) is 26.6 Å². The molecule has 3 heterocycles. The van der Waals surface area contributed by atoms with E-state index in [1.165, 1.54) is 0 Å². The molecule has 24 heavy (non-hydrogen) atoms. The first-order chi connectivity index (χ1) is 11.6. The molecule has 0 bridgehead atoms. The summed E-state index contributed by atoms with van der Waals surface area (Å²) in [7, 11) is 0. The number of ether oxygens (including phenoxy) is 1. The molecule has 3 rings (SSSR count). The molecular weight excluding hydrogens is 308 g/mol. The van der Waals surface area contributed by atoms with E-state index >= 15 is 0 Å². The van der Waals surface area contributed by atoms with Crippen LogP contribution in [0.15, 0.2) is 0 Å². The molecule has 2 aliphatic rings. The number of hydrogen-bond donors (Lipinski definition) is 1. The lowest BCUT2D eigenvalue weighted by molar-refractivity contribution is 0.0553. The number of hydrogen-bond acceptors (Lipinski definition) is 6. The smallest absolute Gasteiger partial charge is 0.414 e. The number of anilines is 1. The van der Waals surface area contributed by atoms with E-state index < -0.39 is 6.09 Å². The molecule has 0 aliphatic carbocycles. The summed E-state index contributed by atoms with van der Waals surface area (Å²) < 4.78 is 6.83. The molecule has 1 fully saturated rings. The molecule has 0 saturated carbocycles. The highest BCUT2D eigenvalue weighted by molar-refractivity contribution is 5.82. The number of carbonyl (C=O) groups is 1. The molecule has 2 aliphatic heterocycles. The zero-order chi connectivity index (χ0) is 17.1. The van der Waals surface area contributed by atoms with Gasteiger partial charge >= 0.3 is 6.09 Å². The molecule has 134 valence electrons. The second-order valence-electron chi connectivity index (χ2n) is 6.60. The Morgan fingerprint density at radius 1 is 1.29 bits per heavy atom. The third-order valence-corrected chi connectivity index (χ3v) is 5.08. The number of fused-ring (bicyclic) bond motifs is 1. The van der Waals surface area contributed by atoms with E-state index in [1.807, 2.05) is 4.68 Å². The van der Waals surface area contributed by atoms with Crippen LogP contribution < -0.4 is 5.32 Å². The van der Waals surface area contributed by atoms with Crippen molar-refractivity contribution >= 4 is 12.0 Å². The van der Waals surface area contributed by atoms with E-state index in [9.17, 15) is 4.79 Å². The van der Waals surface area contributed by atoms with Gasteiger partial charge in [0.1, 0.15) is 5.82 Å². The van der Waals surface area contributed by atoms with Crippen molar-refractivity contribution in [1.82, 2.24) is 24.6 Å². The van der Waals surface area contributed by atoms with Gasteiger partial charge in [0.2, 0.25) is 0 Å². The third kappa shape index (κ3) is 3.70. The Labute approximate surface area is 143 Å². The Kier molecular flexibility index (Phi) is 5.35. The first-order valence-corrected chi connectivity index (χ1v) is 8.94. The van der Waals surface area contributed by atoms with Crippen LogP contribution in [-0.2, 0) is 17.7 Å². The molecule has 1 aromatic rings. The summed E-state index contributed by atoms with van der Waals surface area (Å²) in [5.74, 6) is 1.81. The van der Waals surface area contributed by atoms with Crippen molar-refractivity contribution < 1.29 is 9.53 Å². The average Bonchev–Trinajstić information content (AvgIpc) is 2.95. The molecular formula is C16H28N6O2. The Balaban J connectivity index is 1.64. The number of carbonyl (C=O) groups excluding carboxylic acids is 1. The van der Waals surface area contributed by atoms with E-state index in [0.29, 0.717) is 24.5 Å². The standard InChI is InChI=1S/C16H28N6O2/c1-4-20-6-8-21(9-7-20)13-11-22-14(10-12(13)3)17-15(19-22)18-16(23)24-5-2/h12-13H,4-11H2,1-3H3,(H,18,19,23). The number of piperazine rings is 1. The Bertz CT molecular complexity index is 567. The van der Waals surface area contributed by atoms with Crippen molar-refractivity contribution in [3.8, 4) is 0 Å². The van der Waals surface area contributed by atoms with Crippen molar-refractivity contribution in [3.63, 3.8) is 0 Å². The summed E-state index contributed by atoms with van der Waals surface area (Å²) in [4.78, 5) is 21.0. The number of rotatable bonds is 4. The zero-order valence-corrected chi connectivity index (χ0v) is 14.9. The molecule has 0 aromatic carbocycles. The molecule has 1 saturated heterocycles. The highest BCUT2D eigenvalue weighted by Gasteiger charge is 2.33. The van der Waals surface area contributed by atoms with Crippen LogP contribution in [0.4, 0.5) is 10.7 Å². The van der Waals surface area contributed by atoms with Gasteiger partial charge in [0.25, 0.3) is 5.95 Å². The minimum Gasteiger partial charge on any atom is -0.450 e. The second-order valence-corrected chi connectivity index (χ2v) is 6.60. The average molecular weight is 336 g/mol. The van der Waals surface area contributed by atoms with E-state index in [2.05, 4.69) is 39.0 Å². The summed E-state index contributed by atoms with van der Waals surface area (Å²) >= 11 is 0. The zero-order valence-electron chi connectivity index (χ0n) is 14.9. The quantitative estimate of drug-likeness (QED) is 0.886. The number of likely N-dealkylation sites (N-methyl/N-ethyl adjacent to an activating group) is 1. The lowest BCUT2D eigenvalue weighted by atomic mass is 9.93. The van der Waals surface area contributed by atoms with Gasteiger partial charge in [0, 0.05) is 38.6 Å². The second kappa shape index (κ2) is 7.48. The summed E-state index contributed by atoms with van der Waals surface area (Å²) in [5.41, 5.74) is 0. The van der Waals surface area contributed by atoms with Crippen LogP contribution in [0, 0.1) is 5.92 Å². The fourth-order valence-electron chi connectivity index (χ4n) is 3.65. The lowest BCUT2D eigenvalue weighted by Gasteiger charge is -2.42. The Morgan fingerprint density at radius 3 is 2.71 bits per heavy atom. The monoisotopic (exact) mass is 336 g/mol. The SMILES string of the molecule is CCOC(=O)Nc1nc2n(n1)CC(N1CCN(CC)CC1)C(C)C2. The summed E-state index contributed by atoms with van der Waals surface area (Å²) in [6, 6.07) is 0.480. The first kappa shape index (κ1) is 17.2. The minimum atomic E-state index is -0.499. The van der Waals surface area contributed by atoms with E-state index in [0.717, 1.165) is 51.5 Å². The Hall–Kier alpha value is -1.67. The number of nitrogens with one attached hydrogen (secondary N) is 1. The van der Waals surface area contributed by atoms with Crippen LogP contribution in [0.2, 0.25) is 0 Å². The highest BCUT2D eigenvalue weighted by atomic mass is 16.5. The molecule has 2 unspecified atom stereocenters. The van der Waals surface area contributed by atoms with Gasteiger partial charge in [-0.1, -0.05) is 13.8 Å². The van der Waals surface area contributed by atoms with Gasteiger partial charge in [0.05, 0.1) is 13.2 Å². The van der Waals surface area contributed by atoms with Gasteiger partial charge in [-0.2, -0.15) is 4.98 Å². The molecule has 0 spiro atoms. The first-order valence-electron chi connectivity index (χ1n) is 8.94. The highest BCUT2D eigenvalue weighted by Crippen LogP contribution is 2.25. The van der Waals surface area contributed by atoms with Crippen LogP contribution in [0.25, 0.3) is 0 Å². The van der Waals surface area contributed by atoms with Crippen LogP contribution >= 0.6 is 0 Å². The maximum Gasteiger partial charge on any atom is 0.414 e. The predicted molar refractivity (Wildman–Crippen MR) is 91.0 cm³/mol. The molecule has 8 heteroatoms. The topological polar surface area (TPSA) is 75.5 Å². The van der Waals surface area contributed by atoms with Gasteiger partial charge in [-0.15, -0.1) is 5.10 Å². The van der Waals surface area contributed by atoms with Crippen molar-refractivity contribution in [2.45, 2.75) is 39.8 Å². The Morgan fingerprint density at radius 2 is 2.04 bits per heavy atom. The maximum atomic E-state index is 11.5. The molecule has 1 amide bonds. The summed E-state index contributed by atoms with van der Waals surface area (Å²) in [6.45, 7) is 13.1. The van der Waals surface area contributed by atoms with E-state index in [-0.39, 0.29) is 0 Å². The fraction of sp³-hybridized carbons (Fsp3) is 0.812. The van der Waals surface area contributed by atoms with Crippen molar-refractivity contribution in [2.24, 2.45) is 5.92 Å². The number of amides is 1. The molecule has 0 radical (unpaired) electrons.